The van der Waals surface area contributed by atoms with Crippen LogP contribution in [0, 0.1) is 36.5 Å². The highest BCUT2D eigenvalue weighted by molar-refractivity contribution is 6.35. The number of fused-ring (bicyclic) bond motifs is 1. The van der Waals surface area contributed by atoms with Gasteiger partial charge in [-0.05, 0) is 43.7 Å². The van der Waals surface area contributed by atoms with E-state index in [0.717, 1.165) is 11.4 Å². The predicted molar refractivity (Wildman–Crippen MR) is 97.1 cm³/mol. The lowest BCUT2D eigenvalue weighted by molar-refractivity contribution is 0.880. The van der Waals surface area contributed by atoms with E-state index in [1.54, 1.807) is 28.8 Å². The number of allylic oxidation sites excluding steroid dienone is 1. The fraction of sp³-hybridized carbons (Fsp3) is 0.111. The molecule has 122 valence electrons. The molecule has 0 aliphatic rings. The van der Waals surface area contributed by atoms with Crippen LogP contribution >= 0.6 is 23.2 Å². The number of aryl methyl sites for hydroxylation is 2. The first-order valence-electron chi connectivity index (χ1n) is 7.29. The standard InChI is InChI=1S/C18H11Cl2N5/c1-10-5-11(2)25-18(23-10)15(9-22)17(24-25)13(8-21)6-12-3-4-14(19)7-16(12)20/h3-7H,1-2H3/b13-6+. The van der Waals surface area contributed by atoms with E-state index < -0.39 is 0 Å². The SMILES string of the molecule is Cc1cc(C)n2nc(/C(C#N)=C/c3ccc(Cl)cc3Cl)c(C#N)c2n1. The molecule has 0 bridgehead atoms. The Balaban J connectivity index is 2.26. The highest BCUT2D eigenvalue weighted by Crippen LogP contribution is 2.28. The Hall–Kier alpha value is -2.86. The Morgan fingerprint density at radius 2 is 1.96 bits per heavy atom. The van der Waals surface area contributed by atoms with E-state index in [0.29, 0.717) is 21.3 Å². The van der Waals surface area contributed by atoms with Crippen molar-refractivity contribution < 1.29 is 0 Å². The smallest absolute Gasteiger partial charge is 0.174 e. The first-order valence-corrected chi connectivity index (χ1v) is 8.04. The van der Waals surface area contributed by atoms with Crippen LogP contribution in [0.3, 0.4) is 0 Å². The molecule has 0 saturated carbocycles. The van der Waals surface area contributed by atoms with Crippen molar-refractivity contribution in [2.45, 2.75) is 13.8 Å². The van der Waals surface area contributed by atoms with Crippen LogP contribution in [0.4, 0.5) is 0 Å². The lowest BCUT2D eigenvalue weighted by atomic mass is 10.1. The molecule has 0 aliphatic carbocycles. The number of hydrogen-bond donors (Lipinski definition) is 0. The highest BCUT2D eigenvalue weighted by Gasteiger charge is 2.19. The van der Waals surface area contributed by atoms with Gasteiger partial charge in [-0.2, -0.15) is 15.6 Å². The van der Waals surface area contributed by atoms with Crippen LogP contribution in [0.15, 0.2) is 24.3 Å². The summed E-state index contributed by atoms with van der Waals surface area (Å²) in [4.78, 5) is 4.38. The Morgan fingerprint density at radius 1 is 1.20 bits per heavy atom. The molecule has 5 nitrogen and oxygen atoms in total. The van der Waals surface area contributed by atoms with Crippen molar-refractivity contribution in [2.75, 3.05) is 0 Å². The molecule has 2 aromatic heterocycles. The van der Waals surface area contributed by atoms with Crippen molar-refractivity contribution in [3.8, 4) is 12.1 Å². The summed E-state index contributed by atoms with van der Waals surface area (Å²) in [5.41, 5.74) is 3.40. The molecule has 0 fully saturated rings. The molecule has 3 rings (SSSR count). The quantitative estimate of drug-likeness (QED) is 0.620. The summed E-state index contributed by atoms with van der Waals surface area (Å²) in [5.74, 6) is 0. The van der Waals surface area contributed by atoms with Crippen LogP contribution in [0.5, 0.6) is 0 Å². The van der Waals surface area contributed by atoms with Crippen LogP contribution in [0.1, 0.15) is 28.2 Å². The molecular formula is C18H11Cl2N5. The first-order chi connectivity index (χ1) is 11.9. The number of benzene rings is 1. The van der Waals surface area contributed by atoms with E-state index in [1.807, 2.05) is 19.9 Å². The fourth-order valence-corrected chi connectivity index (χ4v) is 3.00. The molecular weight excluding hydrogens is 357 g/mol. The Bertz CT molecular complexity index is 1110. The summed E-state index contributed by atoms with van der Waals surface area (Å²) in [6, 6.07) is 11.0. The van der Waals surface area contributed by atoms with Gasteiger partial charge in [-0.15, -0.1) is 0 Å². The summed E-state index contributed by atoms with van der Waals surface area (Å²) < 4.78 is 1.57. The van der Waals surface area contributed by atoms with E-state index in [4.69, 9.17) is 23.2 Å². The van der Waals surface area contributed by atoms with Gasteiger partial charge in [-0.1, -0.05) is 29.3 Å². The van der Waals surface area contributed by atoms with E-state index in [-0.39, 0.29) is 16.8 Å². The molecule has 3 aromatic rings. The third-order valence-corrected chi connectivity index (χ3v) is 4.21. The normalized spacial score (nSPS) is 11.4. The molecule has 25 heavy (non-hydrogen) atoms. The molecule has 2 heterocycles. The Kier molecular flexibility index (Phi) is 4.46. The van der Waals surface area contributed by atoms with E-state index in [9.17, 15) is 10.5 Å². The van der Waals surface area contributed by atoms with Crippen molar-refractivity contribution in [1.29, 1.82) is 10.5 Å². The Labute approximate surface area is 154 Å². The average molecular weight is 368 g/mol. The van der Waals surface area contributed by atoms with Crippen LogP contribution in [0.2, 0.25) is 10.0 Å². The monoisotopic (exact) mass is 367 g/mol. The molecule has 1 aromatic carbocycles. The Morgan fingerprint density at radius 3 is 2.60 bits per heavy atom. The van der Waals surface area contributed by atoms with Gasteiger partial charge in [0.1, 0.15) is 23.4 Å². The van der Waals surface area contributed by atoms with Gasteiger partial charge in [0.25, 0.3) is 0 Å². The number of nitriles is 2. The molecule has 0 unspecified atom stereocenters. The number of aromatic nitrogens is 3. The van der Waals surface area contributed by atoms with Crippen LogP contribution in [-0.2, 0) is 0 Å². The molecule has 0 radical (unpaired) electrons. The van der Waals surface area contributed by atoms with Crippen molar-refractivity contribution in [1.82, 2.24) is 14.6 Å². The summed E-state index contributed by atoms with van der Waals surface area (Å²) in [5, 5.41) is 24.5. The van der Waals surface area contributed by atoms with Gasteiger partial charge in [0.2, 0.25) is 0 Å². The summed E-state index contributed by atoms with van der Waals surface area (Å²) in [7, 11) is 0. The topological polar surface area (TPSA) is 77.8 Å². The maximum Gasteiger partial charge on any atom is 0.174 e. The van der Waals surface area contributed by atoms with Gasteiger partial charge in [-0.25, -0.2) is 9.50 Å². The van der Waals surface area contributed by atoms with Crippen molar-refractivity contribution in [3.05, 3.63) is 62.5 Å². The summed E-state index contributed by atoms with van der Waals surface area (Å²) >= 11 is 12.1. The van der Waals surface area contributed by atoms with Crippen molar-refractivity contribution in [2.24, 2.45) is 0 Å². The molecule has 0 aliphatic heterocycles. The lowest BCUT2D eigenvalue weighted by Crippen LogP contribution is -1.97. The predicted octanol–water partition coefficient (Wildman–Crippen LogP) is 4.59. The maximum absolute atomic E-state index is 9.59. The second-order valence-electron chi connectivity index (χ2n) is 5.45. The van der Waals surface area contributed by atoms with Crippen LogP contribution in [0.25, 0.3) is 17.3 Å². The summed E-state index contributed by atoms with van der Waals surface area (Å²) in [6.45, 7) is 3.71. The summed E-state index contributed by atoms with van der Waals surface area (Å²) in [6.07, 6.45) is 1.59. The van der Waals surface area contributed by atoms with Gasteiger partial charge < -0.3 is 0 Å². The van der Waals surface area contributed by atoms with Gasteiger partial charge in [0, 0.05) is 21.4 Å². The minimum atomic E-state index is 0.225. The molecule has 7 heteroatoms. The first kappa shape index (κ1) is 17.0. The van der Waals surface area contributed by atoms with E-state index >= 15 is 0 Å². The lowest BCUT2D eigenvalue weighted by Gasteiger charge is -2.00. The fourth-order valence-electron chi connectivity index (χ4n) is 2.54. The zero-order chi connectivity index (χ0) is 18.1. The minimum Gasteiger partial charge on any atom is -0.233 e. The molecule has 0 amide bonds. The number of halogens is 2. The minimum absolute atomic E-state index is 0.225. The molecule has 0 N–H and O–H groups in total. The highest BCUT2D eigenvalue weighted by atomic mass is 35.5. The number of hydrogen-bond acceptors (Lipinski definition) is 4. The number of nitrogens with zero attached hydrogens (tertiary/aromatic N) is 5. The molecule has 0 atom stereocenters. The third-order valence-electron chi connectivity index (χ3n) is 3.64. The number of rotatable bonds is 2. The van der Waals surface area contributed by atoms with Gasteiger partial charge in [-0.3, -0.25) is 0 Å². The second-order valence-corrected chi connectivity index (χ2v) is 6.29. The maximum atomic E-state index is 9.59. The van der Waals surface area contributed by atoms with Gasteiger partial charge in [0.05, 0.1) is 5.57 Å². The van der Waals surface area contributed by atoms with Gasteiger partial charge in [0.15, 0.2) is 5.65 Å². The van der Waals surface area contributed by atoms with Crippen LogP contribution < -0.4 is 0 Å². The van der Waals surface area contributed by atoms with E-state index in [2.05, 4.69) is 22.2 Å². The molecule has 0 spiro atoms. The zero-order valence-corrected chi connectivity index (χ0v) is 14.9. The van der Waals surface area contributed by atoms with Gasteiger partial charge >= 0.3 is 0 Å². The van der Waals surface area contributed by atoms with E-state index in [1.165, 1.54) is 0 Å². The average Bonchev–Trinajstić information content (AvgIpc) is 2.92. The van der Waals surface area contributed by atoms with Crippen molar-refractivity contribution >= 4 is 40.5 Å². The van der Waals surface area contributed by atoms with Crippen molar-refractivity contribution in [3.63, 3.8) is 0 Å². The zero-order valence-electron chi connectivity index (χ0n) is 13.4. The second kappa shape index (κ2) is 6.57. The third kappa shape index (κ3) is 3.08. The largest absolute Gasteiger partial charge is 0.233 e. The van der Waals surface area contributed by atoms with Crippen LogP contribution in [-0.4, -0.2) is 14.6 Å². The molecule has 0 saturated heterocycles.